The number of ether oxygens (including phenoxy) is 1. The van der Waals surface area contributed by atoms with E-state index < -0.39 is 5.60 Å². The topological polar surface area (TPSA) is 56.3 Å². The molecule has 3 aliphatic heterocycles. The Hall–Kier alpha value is -1.34. The van der Waals surface area contributed by atoms with Gasteiger partial charge in [-0.2, -0.15) is 0 Å². The third kappa shape index (κ3) is 7.63. The van der Waals surface area contributed by atoms with E-state index in [0.29, 0.717) is 24.4 Å². The Morgan fingerprint density at radius 1 is 0.903 bits per heavy atom. The Balaban J connectivity index is 1.34. The van der Waals surface area contributed by atoms with Gasteiger partial charge >= 0.3 is 6.09 Å². The van der Waals surface area contributed by atoms with Crippen LogP contribution in [0.1, 0.15) is 66.2 Å². The van der Waals surface area contributed by atoms with Gasteiger partial charge in [0.15, 0.2) is 0 Å². The Kier molecular flexibility index (Phi) is 8.62. The van der Waals surface area contributed by atoms with Crippen molar-refractivity contribution in [2.75, 3.05) is 58.9 Å². The number of carbonyl (C=O) groups is 2. The number of piperidine rings is 2. The molecule has 7 nitrogen and oxygen atoms in total. The molecule has 7 heteroatoms. The molecule has 0 spiro atoms. The standard InChI is InChI=1S/C24H44N4O3/c1-20-8-5-6-12-28(20)22(29)19-26-16-14-25(15-17-26)13-10-21-9-7-11-27(18-21)23(30)31-24(2,3)4/h20-21H,5-19H2,1-4H3/t20-,21-/m1/s1. The second-order valence-corrected chi connectivity index (χ2v) is 10.8. The first kappa shape index (κ1) is 24.3. The van der Waals surface area contributed by atoms with Crippen molar-refractivity contribution in [3.8, 4) is 0 Å². The molecular weight excluding hydrogens is 392 g/mol. The van der Waals surface area contributed by atoms with Gasteiger partial charge in [-0.3, -0.25) is 9.69 Å². The number of hydrogen-bond acceptors (Lipinski definition) is 5. The molecule has 0 aromatic rings. The molecule has 2 amide bonds. The second kappa shape index (κ2) is 11.0. The van der Waals surface area contributed by atoms with Crippen LogP contribution in [0.4, 0.5) is 4.79 Å². The van der Waals surface area contributed by atoms with Gasteiger partial charge in [0.25, 0.3) is 0 Å². The molecule has 0 aliphatic carbocycles. The predicted molar refractivity (Wildman–Crippen MR) is 123 cm³/mol. The highest BCUT2D eigenvalue weighted by atomic mass is 16.6. The molecule has 2 atom stereocenters. The fourth-order valence-corrected chi connectivity index (χ4v) is 5.08. The highest BCUT2D eigenvalue weighted by Crippen LogP contribution is 2.22. The fraction of sp³-hybridized carbons (Fsp3) is 0.917. The third-order valence-electron chi connectivity index (χ3n) is 6.97. The average molecular weight is 437 g/mol. The van der Waals surface area contributed by atoms with Crippen molar-refractivity contribution in [2.24, 2.45) is 5.92 Å². The van der Waals surface area contributed by atoms with Crippen molar-refractivity contribution in [3.63, 3.8) is 0 Å². The van der Waals surface area contributed by atoms with Crippen LogP contribution in [0.2, 0.25) is 0 Å². The Morgan fingerprint density at radius 2 is 1.61 bits per heavy atom. The number of nitrogens with zero attached hydrogens (tertiary/aromatic N) is 4. The number of hydrogen-bond donors (Lipinski definition) is 0. The first-order valence-electron chi connectivity index (χ1n) is 12.4. The first-order chi connectivity index (χ1) is 14.7. The summed E-state index contributed by atoms with van der Waals surface area (Å²) in [6, 6.07) is 0.401. The molecule has 0 aromatic heterocycles. The first-order valence-corrected chi connectivity index (χ1v) is 12.4. The van der Waals surface area contributed by atoms with Crippen molar-refractivity contribution >= 4 is 12.0 Å². The van der Waals surface area contributed by atoms with E-state index in [0.717, 1.165) is 78.0 Å². The van der Waals surface area contributed by atoms with Gasteiger partial charge in [-0.15, -0.1) is 0 Å². The van der Waals surface area contributed by atoms with Crippen molar-refractivity contribution in [1.82, 2.24) is 19.6 Å². The maximum absolute atomic E-state index is 12.7. The summed E-state index contributed by atoms with van der Waals surface area (Å²) in [6.45, 7) is 16.2. The van der Waals surface area contributed by atoms with Gasteiger partial charge in [0.1, 0.15) is 5.60 Å². The summed E-state index contributed by atoms with van der Waals surface area (Å²) in [6.07, 6.45) is 6.77. The quantitative estimate of drug-likeness (QED) is 0.663. The smallest absolute Gasteiger partial charge is 0.410 e. The summed E-state index contributed by atoms with van der Waals surface area (Å²) < 4.78 is 5.55. The maximum atomic E-state index is 12.7. The summed E-state index contributed by atoms with van der Waals surface area (Å²) in [5.74, 6) is 0.867. The molecule has 3 fully saturated rings. The van der Waals surface area contributed by atoms with Crippen LogP contribution in [0.15, 0.2) is 0 Å². The molecule has 0 bridgehead atoms. The normalized spacial score (nSPS) is 26.7. The number of piperazine rings is 1. The zero-order valence-electron chi connectivity index (χ0n) is 20.3. The van der Waals surface area contributed by atoms with Crippen LogP contribution in [0.3, 0.4) is 0 Å². The van der Waals surface area contributed by atoms with Gasteiger partial charge < -0.3 is 19.4 Å². The van der Waals surface area contributed by atoms with Crippen molar-refractivity contribution in [3.05, 3.63) is 0 Å². The summed E-state index contributed by atoms with van der Waals surface area (Å²) >= 11 is 0. The second-order valence-electron chi connectivity index (χ2n) is 10.8. The summed E-state index contributed by atoms with van der Waals surface area (Å²) in [4.78, 5) is 33.9. The van der Waals surface area contributed by atoms with E-state index in [9.17, 15) is 9.59 Å². The van der Waals surface area contributed by atoms with Gasteiger partial charge in [-0.1, -0.05) is 0 Å². The lowest BCUT2D eigenvalue weighted by atomic mass is 9.94. The minimum absolute atomic E-state index is 0.168. The Bertz CT molecular complexity index is 598. The number of rotatable bonds is 5. The molecule has 3 rings (SSSR count). The van der Waals surface area contributed by atoms with Crippen LogP contribution >= 0.6 is 0 Å². The lowest BCUT2D eigenvalue weighted by Gasteiger charge is -2.39. The lowest BCUT2D eigenvalue weighted by Crippen LogP contribution is -2.52. The number of amides is 2. The highest BCUT2D eigenvalue weighted by Gasteiger charge is 2.29. The number of likely N-dealkylation sites (tertiary alicyclic amines) is 2. The van der Waals surface area contributed by atoms with Crippen LogP contribution in [-0.4, -0.2) is 102 Å². The monoisotopic (exact) mass is 436 g/mol. The van der Waals surface area contributed by atoms with Gasteiger partial charge in [-0.25, -0.2) is 4.79 Å². The average Bonchev–Trinajstić information content (AvgIpc) is 2.72. The van der Waals surface area contributed by atoms with E-state index >= 15 is 0 Å². The third-order valence-corrected chi connectivity index (χ3v) is 6.97. The van der Waals surface area contributed by atoms with Crippen molar-refractivity contribution in [1.29, 1.82) is 0 Å². The molecule has 3 heterocycles. The van der Waals surface area contributed by atoms with E-state index in [-0.39, 0.29) is 6.09 Å². The van der Waals surface area contributed by atoms with E-state index in [1.165, 1.54) is 12.8 Å². The SMILES string of the molecule is C[C@@H]1CCCCN1C(=O)CN1CCN(CC[C@H]2CCCN(C(=O)OC(C)(C)C)C2)CC1. The molecule has 3 aliphatic rings. The molecule has 178 valence electrons. The molecule has 31 heavy (non-hydrogen) atoms. The summed E-state index contributed by atoms with van der Waals surface area (Å²) in [7, 11) is 0. The number of carbonyl (C=O) groups excluding carboxylic acids is 2. The lowest BCUT2D eigenvalue weighted by molar-refractivity contribution is -0.136. The highest BCUT2D eigenvalue weighted by molar-refractivity contribution is 5.78. The van der Waals surface area contributed by atoms with Crippen LogP contribution < -0.4 is 0 Å². The Labute approximate surface area is 189 Å². The van der Waals surface area contributed by atoms with E-state index in [4.69, 9.17) is 4.74 Å². The largest absolute Gasteiger partial charge is 0.444 e. The van der Waals surface area contributed by atoms with Crippen LogP contribution in [0.25, 0.3) is 0 Å². The molecule has 0 saturated carbocycles. The van der Waals surface area contributed by atoms with Crippen LogP contribution in [0, 0.1) is 5.92 Å². The molecule has 3 saturated heterocycles. The minimum atomic E-state index is -0.433. The predicted octanol–water partition coefficient (Wildman–Crippen LogP) is 3.04. The van der Waals surface area contributed by atoms with Crippen molar-refractivity contribution in [2.45, 2.75) is 77.9 Å². The van der Waals surface area contributed by atoms with E-state index in [2.05, 4.69) is 21.6 Å². The summed E-state index contributed by atoms with van der Waals surface area (Å²) in [5, 5.41) is 0. The molecule has 0 radical (unpaired) electrons. The van der Waals surface area contributed by atoms with Gasteiger partial charge in [-0.05, 0) is 78.7 Å². The maximum Gasteiger partial charge on any atom is 0.410 e. The summed E-state index contributed by atoms with van der Waals surface area (Å²) in [5.41, 5.74) is -0.433. The van der Waals surface area contributed by atoms with Gasteiger partial charge in [0.05, 0.1) is 6.54 Å². The van der Waals surface area contributed by atoms with E-state index in [1.54, 1.807) is 0 Å². The van der Waals surface area contributed by atoms with Gasteiger partial charge in [0, 0.05) is 51.9 Å². The Morgan fingerprint density at radius 3 is 2.29 bits per heavy atom. The zero-order chi connectivity index (χ0) is 22.4. The zero-order valence-corrected chi connectivity index (χ0v) is 20.3. The molecule has 0 aromatic carbocycles. The molecule has 0 N–H and O–H groups in total. The van der Waals surface area contributed by atoms with Crippen LogP contribution in [0.5, 0.6) is 0 Å². The molecule has 0 unspecified atom stereocenters. The van der Waals surface area contributed by atoms with Crippen LogP contribution in [-0.2, 0) is 9.53 Å². The van der Waals surface area contributed by atoms with E-state index in [1.807, 2.05) is 25.7 Å². The molecular formula is C24H44N4O3. The fourth-order valence-electron chi connectivity index (χ4n) is 5.08. The van der Waals surface area contributed by atoms with Gasteiger partial charge in [0.2, 0.25) is 5.91 Å². The van der Waals surface area contributed by atoms with Crippen molar-refractivity contribution < 1.29 is 14.3 Å². The minimum Gasteiger partial charge on any atom is -0.444 e.